The summed E-state index contributed by atoms with van der Waals surface area (Å²) in [6, 6.07) is 9.38. The average Bonchev–Trinajstić information content (AvgIpc) is 3.05. The molecule has 1 amide bonds. The fraction of sp³-hybridized carbons (Fsp3) is 0.368. The van der Waals surface area contributed by atoms with Gasteiger partial charge in [-0.2, -0.15) is 0 Å². The third kappa shape index (κ3) is 5.54. The normalized spacial score (nSPS) is 11.5. The molecule has 1 aromatic heterocycles. The molecule has 1 heterocycles. The van der Waals surface area contributed by atoms with Crippen LogP contribution in [0.25, 0.3) is 0 Å². The van der Waals surface area contributed by atoms with E-state index in [9.17, 15) is 4.79 Å². The van der Waals surface area contributed by atoms with Gasteiger partial charge in [-0.25, -0.2) is 0 Å². The van der Waals surface area contributed by atoms with Crippen LogP contribution in [0.4, 0.5) is 0 Å². The molecule has 0 radical (unpaired) electrons. The van der Waals surface area contributed by atoms with Crippen molar-refractivity contribution >= 4 is 11.9 Å². The van der Waals surface area contributed by atoms with Crippen molar-refractivity contribution in [2.45, 2.75) is 40.0 Å². The van der Waals surface area contributed by atoms with Gasteiger partial charge in [-0.1, -0.05) is 12.1 Å². The standard InChI is InChI=1S/C19H26N4O3/c1-12(2)25-17-9-13(3)5-6-14(17)10-22-19(21-4)23-11-15-7-8-16(26-15)18(20)24/h5-9,12H,10-11H2,1-4H3,(H2,20,24)(H2,21,22,23). The predicted octanol–water partition coefficient (Wildman–Crippen LogP) is 2.34. The number of amides is 1. The summed E-state index contributed by atoms with van der Waals surface area (Å²) in [7, 11) is 1.69. The Morgan fingerprint density at radius 2 is 1.96 bits per heavy atom. The Bertz CT molecular complexity index is 781. The molecule has 0 saturated carbocycles. The van der Waals surface area contributed by atoms with Crippen molar-refractivity contribution in [2.75, 3.05) is 7.05 Å². The van der Waals surface area contributed by atoms with Crippen LogP contribution in [0.3, 0.4) is 0 Å². The Balaban J connectivity index is 1.95. The van der Waals surface area contributed by atoms with Crippen molar-refractivity contribution in [1.29, 1.82) is 0 Å². The zero-order valence-electron chi connectivity index (χ0n) is 15.6. The van der Waals surface area contributed by atoms with E-state index in [4.69, 9.17) is 14.9 Å². The van der Waals surface area contributed by atoms with Gasteiger partial charge in [0.25, 0.3) is 5.91 Å². The molecule has 0 aliphatic rings. The number of primary amides is 1. The fourth-order valence-electron chi connectivity index (χ4n) is 2.35. The van der Waals surface area contributed by atoms with Gasteiger partial charge >= 0.3 is 0 Å². The lowest BCUT2D eigenvalue weighted by Gasteiger charge is -2.17. The van der Waals surface area contributed by atoms with Crippen molar-refractivity contribution in [2.24, 2.45) is 10.7 Å². The number of guanidine groups is 1. The molecule has 2 rings (SSSR count). The van der Waals surface area contributed by atoms with Crippen LogP contribution >= 0.6 is 0 Å². The van der Waals surface area contributed by atoms with Crippen LogP contribution in [0.2, 0.25) is 0 Å². The van der Waals surface area contributed by atoms with Crippen molar-refractivity contribution in [3.8, 4) is 5.75 Å². The van der Waals surface area contributed by atoms with Crippen molar-refractivity contribution in [3.05, 3.63) is 53.0 Å². The first kappa shape index (κ1) is 19.4. The van der Waals surface area contributed by atoms with Crippen LogP contribution in [0, 0.1) is 6.92 Å². The monoisotopic (exact) mass is 358 g/mol. The molecule has 0 spiro atoms. The highest BCUT2D eigenvalue weighted by atomic mass is 16.5. The third-order valence-electron chi connectivity index (χ3n) is 3.59. The molecule has 0 saturated heterocycles. The molecule has 0 bridgehead atoms. The summed E-state index contributed by atoms with van der Waals surface area (Å²) >= 11 is 0. The van der Waals surface area contributed by atoms with E-state index in [-0.39, 0.29) is 11.9 Å². The minimum atomic E-state index is -0.587. The van der Waals surface area contributed by atoms with Crippen LogP contribution in [-0.2, 0) is 13.1 Å². The number of carbonyl (C=O) groups is 1. The first-order valence-electron chi connectivity index (χ1n) is 8.48. The summed E-state index contributed by atoms with van der Waals surface area (Å²) in [5.41, 5.74) is 7.37. The summed E-state index contributed by atoms with van der Waals surface area (Å²) in [4.78, 5) is 15.2. The number of furan rings is 1. The van der Waals surface area contributed by atoms with E-state index in [1.54, 1.807) is 19.2 Å². The van der Waals surface area contributed by atoms with Crippen molar-refractivity contribution in [3.63, 3.8) is 0 Å². The summed E-state index contributed by atoms with van der Waals surface area (Å²) in [5.74, 6) is 1.62. The second kappa shape index (κ2) is 8.94. The molecule has 4 N–H and O–H groups in total. The van der Waals surface area contributed by atoms with E-state index in [1.165, 1.54) is 0 Å². The highest BCUT2D eigenvalue weighted by Gasteiger charge is 2.09. The smallest absolute Gasteiger partial charge is 0.284 e. The summed E-state index contributed by atoms with van der Waals surface area (Å²) in [6.07, 6.45) is 0.103. The molecular weight excluding hydrogens is 332 g/mol. The third-order valence-corrected chi connectivity index (χ3v) is 3.59. The average molecular weight is 358 g/mol. The van der Waals surface area contributed by atoms with Gasteiger partial charge in [0.15, 0.2) is 11.7 Å². The second-order valence-corrected chi connectivity index (χ2v) is 6.19. The van der Waals surface area contributed by atoms with Crippen LogP contribution in [-0.4, -0.2) is 25.0 Å². The van der Waals surface area contributed by atoms with Gasteiger partial charge in [-0.15, -0.1) is 0 Å². The van der Waals surface area contributed by atoms with E-state index in [0.29, 0.717) is 24.8 Å². The molecular formula is C19H26N4O3. The Hall–Kier alpha value is -2.96. The van der Waals surface area contributed by atoms with Crippen LogP contribution < -0.4 is 21.1 Å². The molecule has 0 unspecified atom stereocenters. The molecule has 1 aromatic carbocycles. The second-order valence-electron chi connectivity index (χ2n) is 6.19. The van der Waals surface area contributed by atoms with Gasteiger partial charge < -0.3 is 25.5 Å². The Kier molecular flexibility index (Phi) is 6.66. The number of hydrogen-bond acceptors (Lipinski definition) is 4. The maximum absolute atomic E-state index is 11.1. The topological polar surface area (TPSA) is 102 Å². The zero-order valence-corrected chi connectivity index (χ0v) is 15.6. The van der Waals surface area contributed by atoms with Crippen molar-refractivity contribution in [1.82, 2.24) is 10.6 Å². The zero-order chi connectivity index (χ0) is 19.1. The van der Waals surface area contributed by atoms with Gasteiger partial charge in [0.1, 0.15) is 11.5 Å². The van der Waals surface area contributed by atoms with E-state index < -0.39 is 5.91 Å². The summed E-state index contributed by atoms with van der Waals surface area (Å²) in [6.45, 7) is 6.99. The first-order chi connectivity index (χ1) is 12.4. The highest BCUT2D eigenvalue weighted by molar-refractivity contribution is 5.89. The largest absolute Gasteiger partial charge is 0.491 e. The lowest BCUT2D eigenvalue weighted by atomic mass is 10.1. The number of aliphatic imine (C=N–C) groups is 1. The molecule has 2 aromatic rings. The number of rotatable bonds is 7. The Labute approximate surface area is 153 Å². The van der Waals surface area contributed by atoms with Gasteiger partial charge in [-0.05, 0) is 44.5 Å². The Morgan fingerprint density at radius 1 is 1.23 bits per heavy atom. The number of nitrogens with one attached hydrogen (secondary N) is 2. The van der Waals surface area contributed by atoms with E-state index in [1.807, 2.05) is 32.9 Å². The predicted molar refractivity (Wildman–Crippen MR) is 101 cm³/mol. The van der Waals surface area contributed by atoms with E-state index in [0.717, 1.165) is 16.9 Å². The molecule has 7 nitrogen and oxygen atoms in total. The summed E-state index contributed by atoms with van der Waals surface area (Å²) < 4.78 is 11.2. The first-order valence-corrected chi connectivity index (χ1v) is 8.48. The number of benzene rings is 1. The maximum Gasteiger partial charge on any atom is 0.284 e. The molecule has 140 valence electrons. The lowest BCUT2D eigenvalue weighted by Crippen LogP contribution is -2.36. The minimum Gasteiger partial charge on any atom is -0.491 e. The van der Waals surface area contributed by atoms with E-state index in [2.05, 4.69) is 21.7 Å². The van der Waals surface area contributed by atoms with E-state index >= 15 is 0 Å². The number of hydrogen-bond donors (Lipinski definition) is 3. The molecule has 0 fully saturated rings. The highest BCUT2D eigenvalue weighted by Crippen LogP contribution is 2.21. The van der Waals surface area contributed by atoms with Crippen LogP contribution in [0.15, 0.2) is 39.7 Å². The van der Waals surface area contributed by atoms with Gasteiger partial charge in [-0.3, -0.25) is 9.79 Å². The van der Waals surface area contributed by atoms with Gasteiger partial charge in [0, 0.05) is 19.2 Å². The molecule has 0 atom stereocenters. The minimum absolute atomic E-state index is 0.103. The molecule has 0 aliphatic heterocycles. The summed E-state index contributed by atoms with van der Waals surface area (Å²) in [5, 5.41) is 6.38. The number of aryl methyl sites for hydroxylation is 1. The van der Waals surface area contributed by atoms with Crippen LogP contribution in [0.1, 0.15) is 41.3 Å². The fourth-order valence-corrected chi connectivity index (χ4v) is 2.35. The molecule has 0 aliphatic carbocycles. The number of nitrogens with two attached hydrogens (primary N) is 1. The lowest BCUT2D eigenvalue weighted by molar-refractivity contribution is 0.0972. The number of ether oxygens (including phenoxy) is 1. The van der Waals surface area contributed by atoms with Crippen LogP contribution in [0.5, 0.6) is 5.75 Å². The maximum atomic E-state index is 11.1. The quantitative estimate of drug-likeness (QED) is 0.521. The molecule has 7 heteroatoms. The SMILES string of the molecule is CN=C(NCc1ccc(C(N)=O)o1)NCc1ccc(C)cc1OC(C)C. The Morgan fingerprint density at radius 3 is 2.58 bits per heavy atom. The van der Waals surface area contributed by atoms with Gasteiger partial charge in [0.05, 0.1) is 12.6 Å². The number of carbonyl (C=O) groups excluding carboxylic acids is 1. The number of nitrogens with zero attached hydrogens (tertiary/aromatic N) is 1. The van der Waals surface area contributed by atoms with Gasteiger partial charge in [0.2, 0.25) is 0 Å². The van der Waals surface area contributed by atoms with Crippen molar-refractivity contribution < 1.29 is 13.9 Å². The molecule has 26 heavy (non-hydrogen) atoms.